The lowest BCUT2D eigenvalue weighted by atomic mass is 10.4. The average molecular weight is 183 g/mol. The maximum Gasteiger partial charge on any atom is 0.413 e. The van der Waals surface area contributed by atoms with Crippen LogP contribution in [-0.2, 0) is 9.53 Å². The largest absolute Gasteiger partial charge is 0.452 e. The van der Waals surface area contributed by atoms with Crippen molar-refractivity contribution in [1.29, 1.82) is 0 Å². The number of carbonyl (C=O) groups is 2. The summed E-state index contributed by atoms with van der Waals surface area (Å²) < 4.78 is 4.47. The van der Waals surface area contributed by atoms with Gasteiger partial charge in [0, 0.05) is 12.7 Å². The van der Waals surface area contributed by atoms with Gasteiger partial charge in [-0.15, -0.1) is 6.58 Å². The first-order chi connectivity index (χ1) is 6.11. The van der Waals surface area contributed by atoms with Crippen LogP contribution in [0.5, 0.6) is 0 Å². The van der Waals surface area contributed by atoms with E-state index in [-0.39, 0.29) is 5.78 Å². The third-order valence-electron chi connectivity index (χ3n) is 1.22. The molecule has 4 nitrogen and oxygen atoms in total. The van der Waals surface area contributed by atoms with Gasteiger partial charge in [-0.25, -0.2) is 4.79 Å². The second-order valence-electron chi connectivity index (χ2n) is 2.34. The summed E-state index contributed by atoms with van der Waals surface area (Å²) in [6, 6.07) is 0. The van der Waals surface area contributed by atoms with Crippen LogP contribution >= 0.6 is 0 Å². The molecule has 72 valence electrons. The number of methoxy groups -OCH3 is 1. The Labute approximate surface area is 77.5 Å². The van der Waals surface area contributed by atoms with E-state index < -0.39 is 6.09 Å². The molecule has 1 amide bonds. The van der Waals surface area contributed by atoms with Gasteiger partial charge in [0.1, 0.15) is 0 Å². The van der Waals surface area contributed by atoms with Crippen LogP contribution in [0.3, 0.4) is 0 Å². The number of nitrogens with zero attached hydrogens (tertiary/aromatic N) is 1. The predicted molar refractivity (Wildman–Crippen MR) is 49.1 cm³/mol. The molecule has 0 radical (unpaired) electrons. The lowest BCUT2D eigenvalue weighted by Gasteiger charge is -2.13. The highest BCUT2D eigenvalue weighted by atomic mass is 16.5. The van der Waals surface area contributed by atoms with Gasteiger partial charge in [-0.3, -0.25) is 9.69 Å². The number of allylic oxidation sites excluding steroid dienone is 1. The van der Waals surface area contributed by atoms with Gasteiger partial charge in [0.05, 0.1) is 7.11 Å². The summed E-state index contributed by atoms with van der Waals surface area (Å²) >= 11 is 0. The molecule has 0 saturated carbocycles. The second-order valence-corrected chi connectivity index (χ2v) is 2.34. The van der Waals surface area contributed by atoms with Crippen molar-refractivity contribution in [3.05, 3.63) is 24.9 Å². The van der Waals surface area contributed by atoms with Crippen LogP contribution in [0, 0.1) is 0 Å². The first-order valence-electron chi connectivity index (χ1n) is 3.76. The van der Waals surface area contributed by atoms with Crippen molar-refractivity contribution in [2.75, 3.05) is 13.7 Å². The maximum atomic E-state index is 11.0. The minimum absolute atomic E-state index is 0.127. The van der Waals surface area contributed by atoms with Crippen LogP contribution in [-0.4, -0.2) is 30.4 Å². The van der Waals surface area contributed by atoms with Gasteiger partial charge in [0.15, 0.2) is 5.78 Å². The molecule has 0 N–H and O–H groups in total. The van der Waals surface area contributed by atoms with Crippen molar-refractivity contribution < 1.29 is 14.3 Å². The van der Waals surface area contributed by atoms with Crippen LogP contribution in [0.2, 0.25) is 0 Å². The van der Waals surface area contributed by atoms with Crippen molar-refractivity contribution in [2.24, 2.45) is 0 Å². The molecule has 0 atom stereocenters. The molecule has 0 heterocycles. The zero-order valence-corrected chi connectivity index (χ0v) is 7.82. The van der Waals surface area contributed by atoms with Crippen LogP contribution < -0.4 is 0 Å². The molecule has 13 heavy (non-hydrogen) atoms. The number of carbonyl (C=O) groups excluding carboxylic acids is 2. The van der Waals surface area contributed by atoms with Gasteiger partial charge in [0.2, 0.25) is 0 Å². The lowest BCUT2D eigenvalue weighted by Crippen LogP contribution is -2.25. The fraction of sp³-hybridized carbons (Fsp3) is 0.333. The molecule has 0 bridgehead atoms. The van der Waals surface area contributed by atoms with E-state index >= 15 is 0 Å². The van der Waals surface area contributed by atoms with E-state index in [0.717, 1.165) is 0 Å². The molecule has 0 aliphatic rings. The van der Waals surface area contributed by atoms with Crippen molar-refractivity contribution in [1.82, 2.24) is 4.90 Å². The average Bonchev–Trinajstić information content (AvgIpc) is 2.10. The Morgan fingerprint density at radius 1 is 1.54 bits per heavy atom. The number of amides is 1. The number of rotatable bonds is 4. The number of ketones is 1. The Morgan fingerprint density at radius 2 is 2.15 bits per heavy atom. The molecule has 0 unspecified atom stereocenters. The fourth-order valence-corrected chi connectivity index (χ4v) is 0.648. The van der Waals surface area contributed by atoms with Gasteiger partial charge >= 0.3 is 6.09 Å². The van der Waals surface area contributed by atoms with E-state index in [1.54, 1.807) is 6.08 Å². The van der Waals surface area contributed by atoms with Gasteiger partial charge < -0.3 is 4.74 Å². The van der Waals surface area contributed by atoms with Crippen LogP contribution in [0.1, 0.15) is 6.92 Å². The number of ether oxygens (including phenoxy) is 1. The molecular weight excluding hydrogens is 170 g/mol. The SMILES string of the molecule is C=CCN(/C=C/C(C)=O)C(=O)OC. The Morgan fingerprint density at radius 3 is 2.54 bits per heavy atom. The van der Waals surface area contributed by atoms with E-state index in [0.29, 0.717) is 6.54 Å². The Balaban J connectivity index is 4.32. The van der Waals surface area contributed by atoms with Crippen LogP contribution in [0.25, 0.3) is 0 Å². The summed E-state index contributed by atoms with van der Waals surface area (Å²) in [4.78, 5) is 22.8. The van der Waals surface area contributed by atoms with Gasteiger partial charge in [-0.05, 0) is 13.0 Å². The van der Waals surface area contributed by atoms with Crippen molar-refractivity contribution >= 4 is 11.9 Å². The highest BCUT2D eigenvalue weighted by Crippen LogP contribution is 1.94. The normalized spacial score (nSPS) is 9.69. The molecule has 0 rings (SSSR count). The van der Waals surface area contributed by atoms with E-state index in [1.807, 2.05) is 0 Å². The van der Waals surface area contributed by atoms with Crippen LogP contribution in [0.4, 0.5) is 4.79 Å². The Kier molecular flexibility index (Phi) is 5.27. The summed E-state index contributed by atoms with van der Waals surface area (Å²) in [6.07, 6.45) is 3.69. The molecule has 0 aliphatic carbocycles. The smallest absolute Gasteiger partial charge is 0.413 e. The van der Waals surface area contributed by atoms with Gasteiger partial charge in [-0.1, -0.05) is 6.08 Å². The van der Waals surface area contributed by atoms with Crippen molar-refractivity contribution in [3.63, 3.8) is 0 Å². The fourth-order valence-electron chi connectivity index (χ4n) is 0.648. The Hall–Kier alpha value is -1.58. The molecule has 0 spiro atoms. The van der Waals surface area contributed by atoms with E-state index in [2.05, 4.69) is 11.3 Å². The zero-order valence-electron chi connectivity index (χ0n) is 7.82. The maximum absolute atomic E-state index is 11.0. The minimum atomic E-state index is -0.516. The molecule has 0 aromatic heterocycles. The molecule has 4 heteroatoms. The minimum Gasteiger partial charge on any atom is -0.452 e. The molecule has 0 fully saturated rings. The van der Waals surface area contributed by atoms with Crippen LogP contribution in [0.15, 0.2) is 24.9 Å². The van der Waals surface area contributed by atoms with Gasteiger partial charge in [-0.2, -0.15) is 0 Å². The zero-order chi connectivity index (χ0) is 10.3. The van der Waals surface area contributed by atoms with Gasteiger partial charge in [0.25, 0.3) is 0 Å². The number of hydrogen-bond donors (Lipinski definition) is 0. The van der Waals surface area contributed by atoms with E-state index in [4.69, 9.17) is 0 Å². The summed E-state index contributed by atoms with van der Waals surface area (Å²) in [5.74, 6) is -0.127. The second kappa shape index (κ2) is 5.99. The standard InChI is InChI=1S/C9H13NO3/c1-4-6-10(9(12)13-3)7-5-8(2)11/h4-5,7H,1,6H2,2-3H3/b7-5+. The third kappa shape index (κ3) is 4.79. The number of hydrogen-bond acceptors (Lipinski definition) is 3. The molecule has 0 aromatic rings. The quantitative estimate of drug-likeness (QED) is 0.488. The third-order valence-corrected chi connectivity index (χ3v) is 1.22. The highest BCUT2D eigenvalue weighted by Gasteiger charge is 2.07. The Bertz CT molecular complexity index is 233. The summed E-state index contributed by atoms with van der Waals surface area (Å²) in [5.41, 5.74) is 0. The van der Waals surface area contributed by atoms with Crippen molar-refractivity contribution in [2.45, 2.75) is 6.92 Å². The van der Waals surface area contributed by atoms with Crippen molar-refractivity contribution in [3.8, 4) is 0 Å². The highest BCUT2D eigenvalue weighted by molar-refractivity contribution is 5.87. The topological polar surface area (TPSA) is 46.6 Å². The predicted octanol–water partition coefficient (Wildman–Crippen LogP) is 1.34. The summed E-state index contributed by atoms with van der Waals surface area (Å²) in [6.45, 7) is 5.19. The molecule has 0 saturated heterocycles. The molecule has 0 aromatic carbocycles. The lowest BCUT2D eigenvalue weighted by molar-refractivity contribution is -0.112. The first-order valence-corrected chi connectivity index (χ1v) is 3.76. The summed E-state index contributed by atoms with van der Waals surface area (Å²) in [7, 11) is 1.28. The molecular formula is C9H13NO3. The summed E-state index contributed by atoms with van der Waals surface area (Å²) in [5, 5.41) is 0. The van der Waals surface area contributed by atoms with E-state index in [1.165, 1.54) is 31.2 Å². The molecule has 0 aliphatic heterocycles. The van der Waals surface area contributed by atoms with E-state index in [9.17, 15) is 9.59 Å². The monoisotopic (exact) mass is 183 g/mol. The first kappa shape index (κ1) is 11.4.